The Labute approximate surface area is 144 Å². The molecule has 1 aliphatic carbocycles. The molecule has 0 amide bonds. The van der Waals surface area contributed by atoms with E-state index in [0.29, 0.717) is 5.75 Å². The quantitative estimate of drug-likeness (QED) is 0.563. The van der Waals surface area contributed by atoms with Crippen molar-refractivity contribution in [2.45, 2.75) is 24.4 Å². The molecule has 0 atom stereocenters. The maximum atomic E-state index is 12.5. The average molecular weight is 338 g/mol. The number of H-pyrrole nitrogens is 1. The Morgan fingerprint density at radius 1 is 1.21 bits per heavy atom. The van der Waals surface area contributed by atoms with E-state index in [2.05, 4.69) is 22.1 Å². The van der Waals surface area contributed by atoms with E-state index in [1.807, 2.05) is 24.3 Å². The molecule has 0 saturated carbocycles. The number of ether oxygens (including phenoxy) is 1. The number of nitrogens with one attached hydrogen (secondary N) is 1. The van der Waals surface area contributed by atoms with Gasteiger partial charge in [-0.1, -0.05) is 23.9 Å². The molecule has 0 fully saturated rings. The monoisotopic (exact) mass is 338 g/mol. The lowest BCUT2D eigenvalue weighted by Crippen LogP contribution is -2.03. The minimum Gasteiger partial charge on any atom is -0.497 e. The summed E-state index contributed by atoms with van der Waals surface area (Å²) in [5.74, 6) is 1.32. The molecule has 0 aliphatic heterocycles. The minimum atomic E-state index is 0.146. The number of rotatable bonds is 5. The van der Waals surface area contributed by atoms with E-state index in [0.717, 1.165) is 40.3 Å². The lowest BCUT2D eigenvalue weighted by molar-refractivity contribution is 0.102. The van der Waals surface area contributed by atoms with Gasteiger partial charge in [0.1, 0.15) is 5.75 Å². The van der Waals surface area contributed by atoms with Gasteiger partial charge in [-0.15, -0.1) is 0 Å². The van der Waals surface area contributed by atoms with Crippen molar-refractivity contribution in [3.05, 3.63) is 53.1 Å². The van der Waals surface area contributed by atoms with Gasteiger partial charge in [0.25, 0.3) is 0 Å². The molecule has 1 aromatic heterocycles. The van der Waals surface area contributed by atoms with Crippen molar-refractivity contribution in [3.8, 4) is 5.75 Å². The number of hydrogen-bond acceptors (Lipinski definition) is 4. The van der Waals surface area contributed by atoms with Gasteiger partial charge in [-0.2, -0.15) is 0 Å². The molecule has 0 bridgehead atoms. The van der Waals surface area contributed by atoms with Crippen LogP contribution in [0.4, 0.5) is 0 Å². The second-order valence-corrected chi connectivity index (χ2v) is 6.94. The van der Waals surface area contributed by atoms with Crippen molar-refractivity contribution in [2.24, 2.45) is 0 Å². The number of benzene rings is 2. The molecular formula is C19H18N2O2S. The van der Waals surface area contributed by atoms with Gasteiger partial charge >= 0.3 is 0 Å². The number of fused-ring (bicyclic) bond motifs is 2. The molecule has 1 aliphatic rings. The highest BCUT2D eigenvalue weighted by Crippen LogP contribution is 2.26. The molecule has 0 saturated heterocycles. The molecule has 3 aromatic rings. The van der Waals surface area contributed by atoms with Gasteiger partial charge in [0, 0.05) is 11.6 Å². The number of carbonyl (C=O) groups is 1. The Kier molecular flexibility index (Phi) is 4.02. The fourth-order valence-electron chi connectivity index (χ4n) is 3.12. The molecule has 4 nitrogen and oxygen atoms in total. The van der Waals surface area contributed by atoms with Crippen LogP contribution in [0, 0.1) is 0 Å². The lowest BCUT2D eigenvalue weighted by atomic mass is 10.0. The predicted octanol–water partition coefficient (Wildman–Crippen LogP) is 4.04. The van der Waals surface area contributed by atoms with E-state index in [1.54, 1.807) is 7.11 Å². The lowest BCUT2D eigenvalue weighted by Gasteiger charge is -2.03. The molecule has 0 spiro atoms. The van der Waals surface area contributed by atoms with Crippen molar-refractivity contribution in [1.82, 2.24) is 9.97 Å². The first-order chi connectivity index (χ1) is 11.7. The zero-order valence-electron chi connectivity index (χ0n) is 13.5. The summed E-state index contributed by atoms with van der Waals surface area (Å²) in [6.45, 7) is 0. The molecule has 5 heteroatoms. The summed E-state index contributed by atoms with van der Waals surface area (Å²) < 4.78 is 5.22. The van der Waals surface area contributed by atoms with Crippen LogP contribution in [0.2, 0.25) is 0 Å². The van der Waals surface area contributed by atoms with Crippen molar-refractivity contribution in [2.75, 3.05) is 12.9 Å². The van der Waals surface area contributed by atoms with Gasteiger partial charge in [-0.3, -0.25) is 4.79 Å². The van der Waals surface area contributed by atoms with Crippen LogP contribution in [0.25, 0.3) is 11.0 Å². The molecular weight excluding hydrogens is 320 g/mol. The van der Waals surface area contributed by atoms with Crippen LogP contribution >= 0.6 is 11.8 Å². The van der Waals surface area contributed by atoms with Gasteiger partial charge in [-0.05, 0) is 48.6 Å². The fraction of sp³-hybridized carbons (Fsp3) is 0.263. The summed E-state index contributed by atoms with van der Waals surface area (Å²) in [4.78, 5) is 20.2. The standard InChI is InChI=1S/C19H18N2O2S/c1-23-15-7-8-16-17(10-15)21-19(20-16)24-11-18(22)14-6-5-12-3-2-4-13(12)9-14/h5-10H,2-4,11H2,1H3,(H,20,21). The van der Waals surface area contributed by atoms with Crippen LogP contribution in [-0.4, -0.2) is 28.6 Å². The Morgan fingerprint density at radius 2 is 2.08 bits per heavy atom. The zero-order chi connectivity index (χ0) is 16.5. The maximum Gasteiger partial charge on any atom is 0.173 e. The normalized spacial score (nSPS) is 13.2. The molecule has 1 heterocycles. The predicted molar refractivity (Wildman–Crippen MR) is 96.2 cm³/mol. The summed E-state index contributed by atoms with van der Waals surface area (Å²) in [5.41, 5.74) is 5.33. The van der Waals surface area contributed by atoms with Crippen LogP contribution in [0.5, 0.6) is 5.75 Å². The Bertz CT molecular complexity index is 917. The number of methoxy groups -OCH3 is 1. The Morgan fingerprint density at radius 3 is 2.96 bits per heavy atom. The first-order valence-electron chi connectivity index (χ1n) is 8.04. The van der Waals surface area contributed by atoms with Gasteiger partial charge in [0.2, 0.25) is 0 Å². The van der Waals surface area contributed by atoms with E-state index in [4.69, 9.17) is 4.74 Å². The van der Waals surface area contributed by atoms with Gasteiger partial charge < -0.3 is 9.72 Å². The SMILES string of the molecule is COc1ccc2nc(SCC(=O)c3ccc4c(c3)CCC4)[nH]c2c1. The summed E-state index contributed by atoms with van der Waals surface area (Å²) in [7, 11) is 1.64. The molecule has 2 aromatic carbocycles. The van der Waals surface area contributed by atoms with Crippen molar-refractivity contribution < 1.29 is 9.53 Å². The van der Waals surface area contributed by atoms with Crippen LogP contribution in [0.1, 0.15) is 27.9 Å². The number of aryl methyl sites for hydroxylation is 2. The third kappa shape index (κ3) is 2.91. The largest absolute Gasteiger partial charge is 0.497 e. The van der Waals surface area contributed by atoms with Crippen LogP contribution in [0.15, 0.2) is 41.6 Å². The Hall–Kier alpha value is -2.27. The third-order valence-electron chi connectivity index (χ3n) is 4.43. The van der Waals surface area contributed by atoms with Gasteiger partial charge in [0.15, 0.2) is 10.9 Å². The van der Waals surface area contributed by atoms with Crippen molar-refractivity contribution >= 4 is 28.6 Å². The highest BCUT2D eigenvalue weighted by atomic mass is 32.2. The second-order valence-electron chi connectivity index (χ2n) is 5.97. The van der Waals surface area contributed by atoms with E-state index < -0.39 is 0 Å². The smallest absolute Gasteiger partial charge is 0.173 e. The molecule has 122 valence electrons. The molecule has 4 rings (SSSR count). The van der Waals surface area contributed by atoms with Gasteiger partial charge in [0.05, 0.1) is 23.9 Å². The van der Waals surface area contributed by atoms with E-state index in [-0.39, 0.29) is 5.78 Å². The van der Waals surface area contributed by atoms with E-state index >= 15 is 0 Å². The second kappa shape index (κ2) is 6.32. The highest BCUT2D eigenvalue weighted by Gasteiger charge is 2.15. The maximum absolute atomic E-state index is 12.5. The number of aromatic nitrogens is 2. The van der Waals surface area contributed by atoms with E-state index in [9.17, 15) is 4.79 Å². The summed E-state index contributed by atoms with van der Waals surface area (Å²) in [6.07, 6.45) is 3.43. The Balaban J connectivity index is 1.47. The summed E-state index contributed by atoms with van der Waals surface area (Å²) in [5, 5.41) is 0.757. The number of aromatic amines is 1. The average Bonchev–Trinajstić information content (AvgIpc) is 3.24. The summed E-state index contributed by atoms with van der Waals surface area (Å²) in [6, 6.07) is 11.8. The number of nitrogens with zero attached hydrogens (tertiary/aromatic N) is 1. The van der Waals surface area contributed by atoms with Gasteiger partial charge in [-0.25, -0.2) is 4.98 Å². The van der Waals surface area contributed by atoms with Crippen LogP contribution in [0.3, 0.4) is 0 Å². The molecule has 0 unspecified atom stereocenters. The van der Waals surface area contributed by atoms with Crippen LogP contribution < -0.4 is 4.74 Å². The molecule has 24 heavy (non-hydrogen) atoms. The first-order valence-corrected chi connectivity index (χ1v) is 9.03. The number of ketones is 1. The number of Topliss-reactive ketones (excluding diaryl/α,β-unsaturated/α-hetero) is 1. The van der Waals surface area contributed by atoms with Crippen LogP contribution in [-0.2, 0) is 12.8 Å². The minimum absolute atomic E-state index is 0.146. The number of hydrogen-bond donors (Lipinski definition) is 1. The van der Waals surface area contributed by atoms with Crippen molar-refractivity contribution in [1.29, 1.82) is 0 Å². The van der Waals surface area contributed by atoms with E-state index in [1.165, 1.54) is 29.3 Å². The topological polar surface area (TPSA) is 55.0 Å². The number of thioether (sulfide) groups is 1. The zero-order valence-corrected chi connectivity index (χ0v) is 14.3. The third-order valence-corrected chi connectivity index (χ3v) is 5.30. The number of imidazole rings is 1. The van der Waals surface area contributed by atoms with Crippen molar-refractivity contribution in [3.63, 3.8) is 0 Å². The summed E-state index contributed by atoms with van der Waals surface area (Å²) >= 11 is 1.44. The fourth-order valence-corrected chi connectivity index (χ4v) is 3.90. The number of carbonyl (C=O) groups excluding carboxylic acids is 1. The molecule has 0 radical (unpaired) electrons. The molecule has 1 N–H and O–H groups in total. The first kappa shape index (κ1) is 15.3. The highest BCUT2D eigenvalue weighted by molar-refractivity contribution is 7.99.